The van der Waals surface area contributed by atoms with Crippen molar-refractivity contribution in [3.63, 3.8) is 0 Å². The molecule has 0 spiro atoms. The SMILES string of the molecule is Nc1nc(Nc2ccc(ON3C=c4cnsc4=CC3)cc2)n[nH]1. The molecule has 3 aromatic rings. The first kappa shape index (κ1) is 13.6. The second kappa shape index (κ2) is 5.61. The van der Waals surface area contributed by atoms with Crippen molar-refractivity contribution in [2.75, 3.05) is 17.6 Å². The number of hydrogen-bond donors (Lipinski definition) is 3. The minimum atomic E-state index is 0.270. The molecule has 23 heavy (non-hydrogen) atoms. The quantitative estimate of drug-likeness (QED) is 0.637. The number of nitrogens with two attached hydrogens (primary N) is 1. The summed E-state index contributed by atoms with van der Waals surface area (Å²) in [5.74, 6) is 1.43. The van der Waals surface area contributed by atoms with Gasteiger partial charge in [-0.05, 0) is 41.9 Å². The Labute approximate surface area is 135 Å². The largest absolute Gasteiger partial charge is 0.380 e. The highest BCUT2D eigenvalue weighted by Gasteiger charge is 2.07. The van der Waals surface area contributed by atoms with Crippen LogP contribution >= 0.6 is 11.5 Å². The van der Waals surface area contributed by atoms with E-state index in [1.54, 1.807) is 5.06 Å². The molecule has 0 aliphatic carbocycles. The van der Waals surface area contributed by atoms with Crippen molar-refractivity contribution < 1.29 is 4.84 Å². The van der Waals surface area contributed by atoms with Crippen LogP contribution in [0.4, 0.5) is 17.6 Å². The summed E-state index contributed by atoms with van der Waals surface area (Å²) in [6, 6.07) is 7.50. The summed E-state index contributed by atoms with van der Waals surface area (Å²) in [6.45, 7) is 0.686. The van der Waals surface area contributed by atoms with Crippen molar-refractivity contribution in [1.29, 1.82) is 0 Å². The van der Waals surface area contributed by atoms with Gasteiger partial charge >= 0.3 is 0 Å². The maximum atomic E-state index is 5.83. The van der Waals surface area contributed by atoms with Crippen LogP contribution in [-0.4, -0.2) is 31.2 Å². The first-order chi connectivity index (χ1) is 11.3. The normalized spacial score (nSPS) is 13.0. The van der Waals surface area contributed by atoms with Gasteiger partial charge in [-0.3, -0.25) is 0 Å². The number of nitrogens with zero attached hydrogens (tertiary/aromatic N) is 4. The van der Waals surface area contributed by atoms with E-state index in [-0.39, 0.29) is 5.95 Å². The number of benzene rings is 1. The third kappa shape index (κ3) is 2.94. The van der Waals surface area contributed by atoms with Crippen LogP contribution in [0.5, 0.6) is 5.75 Å². The summed E-state index contributed by atoms with van der Waals surface area (Å²) >= 11 is 1.49. The summed E-state index contributed by atoms with van der Waals surface area (Å²) in [7, 11) is 0. The van der Waals surface area contributed by atoms with Crippen molar-refractivity contribution in [3.05, 3.63) is 40.2 Å². The monoisotopic (exact) mass is 327 g/mol. The molecular weight excluding hydrogens is 314 g/mol. The van der Waals surface area contributed by atoms with E-state index in [0.29, 0.717) is 12.5 Å². The lowest BCUT2D eigenvalue weighted by molar-refractivity contribution is 0.0278. The number of rotatable bonds is 4. The average molecular weight is 327 g/mol. The van der Waals surface area contributed by atoms with Gasteiger partial charge in [-0.1, -0.05) is 0 Å². The van der Waals surface area contributed by atoms with Crippen molar-refractivity contribution in [3.8, 4) is 5.75 Å². The molecule has 0 saturated heterocycles. The van der Waals surface area contributed by atoms with Crippen molar-refractivity contribution in [2.45, 2.75) is 0 Å². The number of aromatic amines is 1. The molecule has 0 saturated carbocycles. The molecule has 1 aromatic carbocycles. The lowest BCUT2D eigenvalue weighted by Gasteiger charge is -2.20. The predicted octanol–water partition coefficient (Wildman–Crippen LogP) is 0.415. The Morgan fingerprint density at radius 2 is 2.17 bits per heavy atom. The predicted molar refractivity (Wildman–Crippen MR) is 88.1 cm³/mol. The number of fused-ring (bicyclic) bond motifs is 1. The van der Waals surface area contributed by atoms with Gasteiger partial charge in [0.05, 0.1) is 17.3 Å². The average Bonchev–Trinajstić information content (AvgIpc) is 3.17. The molecule has 0 bridgehead atoms. The lowest BCUT2D eigenvalue weighted by atomic mass is 10.3. The van der Waals surface area contributed by atoms with Crippen LogP contribution in [0.15, 0.2) is 30.5 Å². The molecule has 8 nitrogen and oxygen atoms in total. The van der Waals surface area contributed by atoms with E-state index in [0.717, 1.165) is 16.7 Å². The molecule has 4 N–H and O–H groups in total. The van der Waals surface area contributed by atoms with Crippen LogP contribution in [0.1, 0.15) is 0 Å². The summed E-state index contributed by atoms with van der Waals surface area (Å²) in [5.41, 5.74) is 6.32. The molecule has 1 aliphatic rings. The van der Waals surface area contributed by atoms with Gasteiger partial charge in [0.25, 0.3) is 0 Å². The highest BCUT2D eigenvalue weighted by Crippen LogP contribution is 2.19. The summed E-state index contributed by atoms with van der Waals surface area (Å²) in [6.07, 6.45) is 5.87. The van der Waals surface area contributed by atoms with E-state index in [9.17, 15) is 0 Å². The fourth-order valence-electron chi connectivity index (χ4n) is 2.15. The molecule has 3 heterocycles. The van der Waals surface area contributed by atoms with Crippen LogP contribution in [0, 0.1) is 0 Å². The highest BCUT2D eigenvalue weighted by molar-refractivity contribution is 7.03. The lowest BCUT2D eigenvalue weighted by Crippen LogP contribution is -2.34. The number of aromatic nitrogens is 4. The number of hydroxylamine groups is 2. The van der Waals surface area contributed by atoms with E-state index in [4.69, 9.17) is 10.6 Å². The Bertz CT molecular complexity index is 931. The van der Waals surface area contributed by atoms with Crippen molar-refractivity contribution in [1.82, 2.24) is 24.6 Å². The molecule has 0 amide bonds. The van der Waals surface area contributed by atoms with Crippen LogP contribution in [0.3, 0.4) is 0 Å². The smallest absolute Gasteiger partial charge is 0.248 e. The van der Waals surface area contributed by atoms with Crippen LogP contribution in [-0.2, 0) is 0 Å². The number of hydrogen-bond acceptors (Lipinski definition) is 8. The number of H-pyrrole nitrogens is 1. The van der Waals surface area contributed by atoms with Gasteiger partial charge in [-0.15, -0.1) is 5.10 Å². The zero-order valence-corrected chi connectivity index (χ0v) is 12.7. The Morgan fingerprint density at radius 3 is 2.96 bits per heavy atom. The number of anilines is 3. The minimum Gasteiger partial charge on any atom is -0.380 e. The molecular formula is C14H13N7OS. The highest BCUT2D eigenvalue weighted by atomic mass is 32.1. The van der Waals surface area contributed by atoms with Gasteiger partial charge in [-0.2, -0.15) is 9.36 Å². The van der Waals surface area contributed by atoms with Gasteiger partial charge in [-0.25, -0.2) is 10.2 Å². The van der Waals surface area contributed by atoms with E-state index < -0.39 is 0 Å². The van der Waals surface area contributed by atoms with Gasteiger partial charge < -0.3 is 15.9 Å². The van der Waals surface area contributed by atoms with Gasteiger partial charge in [0.15, 0.2) is 5.75 Å². The zero-order chi connectivity index (χ0) is 15.6. The molecule has 0 unspecified atom stereocenters. The fourth-order valence-corrected chi connectivity index (χ4v) is 2.79. The first-order valence-electron chi connectivity index (χ1n) is 6.88. The zero-order valence-electron chi connectivity index (χ0n) is 11.9. The second-order valence-electron chi connectivity index (χ2n) is 4.86. The van der Waals surface area contributed by atoms with Gasteiger partial charge in [0.2, 0.25) is 11.9 Å². The van der Waals surface area contributed by atoms with Crippen molar-refractivity contribution >= 4 is 41.4 Å². The van der Waals surface area contributed by atoms with E-state index in [2.05, 4.69) is 30.9 Å². The Hall–Kier alpha value is -3.07. The van der Waals surface area contributed by atoms with Crippen LogP contribution in [0.2, 0.25) is 0 Å². The van der Waals surface area contributed by atoms with Crippen LogP contribution < -0.4 is 25.6 Å². The molecule has 2 aromatic heterocycles. The third-order valence-corrected chi connectivity index (χ3v) is 4.01. The number of nitrogen functional groups attached to an aromatic ring is 1. The summed E-state index contributed by atoms with van der Waals surface area (Å²) < 4.78 is 5.34. The van der Waals surface area contributed by atoms with E-state index >= 15 is 0 Å². The van der Waals surface area contributed by atoms with Crippen LogP contribution in [0.25, 0.3) is 12.3 Å². The molecule has 0 radical (unpaired) electrons. The van der Waals surface area contributed by atoms with E-state index in [1.807, 2.05) is 36.7 Å². The standard InChI is InChI=1S/C14H13N7OS/c15-13-18-14(20-19-13)17-10-1-3-11(4-2-10)22-21-6-5-12-9(8-21)7-16-23-12/h1-5,7-8H,6H2,(H4,15,17,18,19,20). The second-order valence-corrected chi connectivity index (χ2v) is 5.70. The molecule has 0 fully saturated rings. The fraction of sp³-hybridized carbons (Fsp3) is 0.0714. The maximum Gasteiger partial charge on any atom is 0.248 e. The Morgan fingerprint density at radius 1 is 1.30 bits per heavy atom. The van der Waals surface area contributed by atoms with Gasteiger partial charge in [0.1, 0.15) is 0 Å². The number of nitrogens with one attached hydrogen (secondary N) is 2. The van der Waals surface area contributed by atoms with Gasteiger partial charge in [0, 0.05) is 17.1 Å². The first-order valence-corrected chi connectivity index (χ1v) is 7.66. The maximum absolute atomic E-state index is 5.83. The van der Waals surface area contributed by atoms with Crippen molar-refractivity contribution in [2.24, 2.45) is 0 Å². The molecule has 0 atom stereocenters. The third-order valence-electron chi connectivity index (χ3n) is 3.20. The molecule has 9 heteroatoms. The Balaban J connectivity index is 1.44. The minimum absolute atomic E-state index is 0.270. The topological polar surface area (TPSA) is 105 Å². The summed E-state index contributed by atoms with van der Waals surface area (Å²) in [5, 5.41) is 12.4. The molecule has 4 rings (SSSR count). The summed E-state index contributed by atoms with van der Waals surface area (Å²) in [4.78, 5) is 9.81. The van der Waals surface area contributed by atoms with E-state index in [1.165, 1.54) is 16.1 Å². The molecule has 116 valence electrons. The Kier molecular flexibility index (Phi) is 3.31. The molecule has 1 aliphatic heterocycles.